The third kappa shape index (κ3) is 3.85. The van der Waals surface area contributed by atoms with Gasteiger partial charge in [-0.2, -0.15) is 0 Å². The molecule has 0 saturated carbocycles. The number of benzene rings is 1. The number of nitrogens with zero attached hydrogens (tertiary/aromatic N) is 2. The Morgan fingerprint density at radius 2 is 2.00 bits per heavy atom. The number of hydrogen-bond acceptors (Lipinski definition) is 3. The highest BCUT2D eigenvalue weighted by molar-refractivity contribution is 5.37. The van der Waals surface area contributed by atoms with Crippen LogP contribution in [0.2, 0.25) is 0 Å². The third-order valence-electron chi connectivity index (χ3n) is 5.02. The first-order valence-corrected chi connectivity index (χ1v) is 8.46. The molecule has 21 heavy (non-hydrogen) atoms. The van der Waals surface area contributed by atoms with Crippen LogP contribution in [-0.2, 0) is 6.42 Å². The summed E-state index contributed by atoms with van der Waals surface area (Å²) in [5.41, 5.74) is 4.49. The van der Waals surface area contributed by atoms with Gasteiger partial charge in [-0.25, -0.2) is 0 Å². The number of aryl methyl sites for hydroxylation is 2. The Bertz CT molecular complexity index is 464. The highest BCUT2D eigenvalue weighted by Crippen LogP contribution is 2.31. The molecule has 1 atom stereocenters. The molecule has 1 aliphatic heterocycles. The van der Waals surface area contributed by atoms with Crippen LogP contribution in [0.1, 0.15) is 35.6 Å². The fraction of sp³-hybridized carbons (Fsp3) is 0.667. The molecule has 1 N–H and O–H groups in total. The van der Waals surface area contributed by atoms with E-state index in [0.717, 1.165) is 6.54 Å². The van der Waals surface area contributed by atoms with Gasteiger partial charge >= 0.3 is 0 Å². The van der Waals surface area contributed by atoms with Crippen molar-refractivity contribution in [3.05, 3.63) is 34.9 Å². The van der Waals surface area contributed by atoms with Gasteiger partial charge in [-0.15, -0.1) is 0 Å². The van der Waals surface area contributed by atoms with E-state index in [1.165, 1.54) is 57.5 Å². The Morgan fingerprint density at radius 1 is 1.19 bits per heavy atom. The maximum Gasteiger partial charge on any atom is 0.0326 e. The second kappa shape index (κ2) is 6.91. The first-order chi connectivity index (χ1) is 10.2. The minimum atomic E-state index is 0.590. The Labute approximate surface area is 129 Å². The van der Waals surface area contributed by atoms with Crippen LogP contribution in [0.3, 0.4) is 0 Å². The zero-order valence-electron chi connectivity index (χ0n) is 13.6. The number of fused-ring (bicyclic) bond motifs is 1. The minimum Gasteiger partial charge on any atom is -0.310 e. The smallest absolute Gasteiger partial charge is 0.0326 e. The number of rotatable bonds is 5. The van der Waals surface area contributed by atoms with Gasteiger partial charge in [0.15, 0.2) is 0 Å². The molecule has 3 heteroatoms. The Balaban J connectivity index is 1.40. The summed E-state index contributed by atoms with van der Waals surface area (Å²) in [6.45, 7) is 9.51. The zero-order valence-corrected chi connectivity index (χ0v) is 13.6. The fourth-order valence-corrected chi connectivity index (χ4v) is 3.58. The summed E-state index contributed by atoms with van der Waals surface area (Å²) >= 11 is 0. The van der Waals surface area contributed by atoms with Crippen molar-refractivity contribution in [2.75, 3.05) is 46.3 Å². The average molecular weight is 287 g/mol. The van der Waals surface area contributed by atoms with Gasteiger partial charge in [0, 0.05) is 32.2 Å². The number of hydrogen-bond donors (Lipinski definition) is 1. The molecule has 1 fully saturated rings. The largest absolute Gasteiger partial charge is 0.310 e. The van der Waals surface area contributed by atoms with Crippen LogP contribution in [0.5, 0.6) is 0 Å². The monoisotopic (exact) mass is 287 g/mol. The molecule has 1 aliphatic carbocycles. The maximum atomic E-state index is 3.78. The highest BCUT2D eigenvalue weighted by atomic mass is 15.2. The quantitative estimate of drug-likeness (QED) is 0.838. The van der Waals surface area contributed by atoms with Gasteiger partial charge in [-0.3, -0.25) is 0 Å². The molecule has 116 valence electrons. The zero-order chi connectivity index (χ0) is 14.7. The molecule has 1 unspecified atom stereocenters. The predicted molar refractivity (Wildman–Crippen MR) is 88.8 cm³/mol. The second-order valence-corrected chi connectivity index (χ2v) is 6.75. The summed E-state index contributed by atoms with van der Waals surface area (Å²) in [7, 11) is 2.22. The van der Waals surface area contributed by atoms with Gasteiger partial charge < -0.3 is 15.1 Å². The van der Waals surface area contributed by atoms with Crippen LogP contribution < -0.4 is 5.32 Å². The standard InChI is InChI=1S/C18H29N3/c1-15-4-5-16-6-7-18(17(16)14-15)19-8-3-9-21-12-10-20(2)11-13-21/h4-5,14,18-19H,3,6-13H2,1-2H3. The molecule has 3 nitrogen and oxygen atoms in total. The van der Waals surface area contributed by atoms with Crippen LogP contribution in [0.15, 0.2) is 18.2 Å². The molecule has 3 rings (SSSR count). The summed E-state index contributed by atoms with van der Waals surface area (Å²) in [4.78, 5) is 5.03. The lowest BCUT2D eigenvalue weighted by molar-refractivity contribution is 0.152. The topological polar surface area (TPSA) is 18.5 Å². The highest BCUT2D eigenvalue weighted by Gasteiger charge is 2.21. The van der Waals surface area contributed by atoms with Crippen molar-refractivity contribution in [3.8, 4) is 0 Å². The van der Waals surface area contributed by atoms with E-state index in [-0.39, 0.29) is 0 Å². The van der Waals surface area contributed by atoms with E-state index in [4.69, 9.17) is 0 Å². The predicted octanol–water partition coefficient (Wildman–Crippen LogP) is 2.21. The summed E-state index contributed by atoms with van der Waals surface area (Å²) in [5, 5.41) is 3.78. The number of likely N-dealkylation sites (N-methyl/N-ethyl adjacent to an activating group) is 1. The summed E-state index contributed by atoms with van der Waals surface area (Å²) in [6, 6.07) is 7.53. The van der Waals surface area contributed by atoms with E-state index in [2.05, 4.69) is 47.3 Å². The molecule has 0 aromatic heterocycles. The van der Waals surface area contributed by atoms with Gasteiger partial charge in [0.1, 0.15) is 0 Å². The fourth-order valence-electron chi connectivity index (χ4n) is 3.58. The van der Waals surface area contributed by atoms with Crippen LogP contribution in [0.25, 0.3) is 0 Å². The van der Waals surface area contributed by atoms with E-state index >= 15 is 0 Å². The second-order valence-electron chi connectivity index (χ2n) is 6.75. The molecule has 1 saturated heterocycles. The van der Waals surface area contributed by atoms with Gasteiger partial charge in [-0.05, 0) is 57.5 Å². The molecular formula is C18H29N3. The maximum absolute atomic E-state index is 3.78. The average Bonchev–Trinajstić information content (AvgIpc) is 2.88. The third-order valence-corrected chi connectivity index (χ3v) is 5.02. The Hall–Kier alpha value is -0.900. The van der Waals surface area contributed by atoms with Crippen LogP contribution in [0.4, 0.5) is 0 Å². The van der Waals surface area contributed by atoms with Crippen molar-refractivity contribution in [1.29, 1.82) is 0 Å². The minimum absolute atomic E-state index is 0.590. The van der Waals surface area contributed by atoms with Gasteiger partial charge in [-0.1, -0.05) is 23.8 Å². The van der Waals surface area contributed by atoms with E-state index < -0.39 is 0 Å². The first-order valence-electron chi connectivity index (χ1n) is 8.46. The summed E-state index contributed by atoms with van der Waals surface area (Å²) in [5.74, 6) is 0. The molecule has 1 aromatic carbocycles. The Morgan fingerprint density at radius 3 is 2.81 bits per heavy atom. The van der Waals surface area contributed by atoms with Gasteiger partial charge in [0.05, 0.1) is 0 Å². The number of piperazine rings is 1. The van der Waals surface area contributed by atoms with E-state index in [1.807, 2.05) is 0 Å². The van der Waals surface area contributed by atoms with Crippen molar-refractivity contribution >= 4 is 0 Å². The molecule has 1 aromatic rings. The molecule has 0 radical (unpaired) electrons. The van der Waals surface area contributed by atoms with Crippen LogP contribution in [-0.4, -0.2) is 56.1 Å². The van der Waals surface area contributed by atoms with Gasteiger partial charge in [0.25, 0.3) is 0 Å². The van der Waals surface area contributed by atoms with E-state index in [0.29, 0.717) is 6.04 Å². The van der Waals surface area contributed by atoms with Crippen molar-refractivity contribution in [2.24, 2.45) is 0 Å². The van der Waals surface area contributed by atoms with Crippen molar-refractivity contribution < 1.29 is 0 Å². The lowest BCUT2D eigenvalue weighted by atomic mass is 10.1. The number of nitrogens with one attached hydrogen (secondary N) is 1. The first kappa shape index (κ1) is 15.0. The molecule has 0 amide bonds. The summed E-state index contributed by atoms with van der Waals surface area (Å²) < 4.78 is 0. The van der Waals surface area contributed by atoms with Crippen molar-refractivity contribution in [2.45, 2.75) is 32.2 Å². The van der Waals surface area contributed by atoms with Crippen LogP contribution in [0, 0.1) is 6.92 Å². The Kier molecular flexibility index (Phi) is 4.94. The lowest BCUT2D eigenvalue weighted by Crippen LogP contribution is -2.45. The van der Waals surface area contributed by atoms with Crippen LogP contribution >= 0.6 is 0 Å². The summed E-state index contributed by atoms with van der Waals surface area (Å²) in [6.07, 6.45) is 3.78. The molecule has 0 bridgehead atoms. The van der Waals surface area contributed by atoms with E-state index in [1.54, 1.807) is 11.1 Å². The molecule has 0 spiro atoms. The van der Waals surface area contributed by atoms with Crippen molar-refractivity contribution in [1.82, 2.24) is 15.1 Å². The lowest BCUT2D eigenvalue weighted by Gasteiger charge is -2.32. The van der Waals surface area contributed by atoms with Gasteiger partial charge in [0.2, 0.25) is 0 Å². The van der Waals surface area contributed by atoms with E-state index in [9.17, 15) is 0 Å². The van der Waals surface area contributed by atoms with Crippen molar-refractivity contribution in [3.63, 3.8) is 0 Å². The normalized spacial score (nSPS) is 23.4. The SMILES string of the molecule is Cc1ccc2c(c1)C(NCCCN1CCN(C)CC1)CC2. The molecule has 1 heterocycles. The molecule has 2 aliphatic rings. The molecular weight excluding hydrogens is 258 g/mol.